The van der Waals surface area contributed by atoms with Gasteiger partial charge in [0.25, 0.3) is 5.91 Å². The minimum Gasteiger partial charge on any atom is -0.348 e. The Balaban J connectivity index is 1.79. The molecule has 1 aromatic carbocycles. The normalized spacial score (nSPS) is 12.7. The monoisotopic (exact) mass is 414 g/mol. The molecule has 2 aromatic rings. The molecule has 1 atom stereocenters. The first-order chi connectivity index (χ1) is 13.8. The van der Waals surface area contributed by atoms with E-state index >= 15 is 0 Å². The topological polar surface area (TPSA) is 89.3 Å². The second-order valence-electron chi connectivity index (χ2n) is 6.63. The Labute approximate surface area is 167 Å². The van der Waals surface area contributed by atoms with Crippen LogP contribution in [-0.4, -0.2) is 35.2 Å². The number of hydrogen-bond donors (Lipinski definition) is 2. The number of carbonyl (C=O) groups excluding carboxylic acids is 1. The van der Waals surface area contributed by atoms with E-state index in [1.54, 1.807) is 0 Å². The molecule has 1 unspecified atom stereocenters. The summed E-state index contributed by atoms with van der Waals surface area (Å²) in [6.07, 6.45) is -0.235. The van der Waals surface area contributed by atoms with Crippen molar-refractivity contribution in [1.82, 2.24) is 20.9 Å². The summed E-state index contributed by atoms with van der Waals surface area (Å²) in [6.45, 7) is 5.04. The number of benzene rings is 1. The molecule has 0 spiro atoms. The van der Waals surface area contributed by atoms with Gasteiger partial charge in [0.15, 0.2) is 0 Å². The fourth-order valence-corrected chi connectivity index (χ4v) is 2.44. The van der Waals surface area contributed by atoms with Crippen LogP contribution in [0, 0.1) is 0 Å². The summed E-state index contributed by atoms with van der Waals surface area (Å²) in [6, 6.07) is 5.71. The van der Waals surface area contributed by atoms with Crippen LogP contribution in [-0.2, 0) is 11.0 Å². The van der Waals surface area contributed by atoms with Crippen LogP contribution >= 0.6 is 0 Å². The van der Waals surface area contributed by atoms with E-state index in [0.717, 1.165) is 12.8 Å². The first-order valence-corrected chi connectivity index (χ1v) is 9.48. The number of alkyl halides is 3. The number of rotatable bonds is 11. The SMILES string of the molecule is CCCCCCONCC(C)NC(=O)c1ccc(-c2noc(C(F)(F)F)n2)cc1. The first-order valence-electron chi connectivity index (χ1n) is 9.48. The summed E-state index contributed by atoms with van der Waals surface area (Å²) in [5.74, 6) is -1.92. The van der Waals surface area contributed by atoms with Crippen LogP contribution in [0.5, 0.6) is 0 Å². The molecular formula is C19H25F3N4O3. The molecule has 0 radical (unpaired) electrons. The predicted octanol–water partition coefficient (Wildman–Crippen LogP) is 3.98. The van der Waals surface area contributed by atoms with Gasteiger partial charge in [0, 0.05) is 23.7 Å². The van der Waals surface area contributed by atoms with E-state index in [9.17, 15) is 18.0 Å². The van der Waals surface area contributed by atoms with Crippen molar-refractivity contribution in [3.8, 4) is 11.4 Å². The van der Waals surface area contributed by atoms with Crippen LogP contribution in [0.1, 0.15) is 55.8 Å². The average Bonchev–Trinajstić information content (AvgIpc) is 3.18. The van der Waals surface area contributed by atoms with Crippen LogP contribution in [0.15, 0.2) is 28.8 Å². The Kier molecular flexibility index (Phi) is 8.59. The fraction of sp³-hybridized carbons (Fsp3) is 0.526. The molecule has 0 saturated heterocycles. The number of hydroxylamine groups is 1. The third kappa shape index (κ3) is 7.47. The van der Waals surface area contributed by atoms with Crippen molar-refractivity contribution in [2.24, 2.45) is 0 Å². The Morgan fingerprint density at radius 2 is 1.93 bits per heavy atom. The minimum absolute atomic E-state index is 0.177. The Morgan fingerprint density at radius 3 is 2.55 bits per heavy atom. The highest BCUT2D eigenvalue weighted by Crippen LogP contribution is 2.29. The van der Waals surface area contributed by atoms with Crippen molar-refractivity contribution in [1.29, 1.82) is 0 Å². The van der Waals surface area contributed by atoms with Crippen molar-refractivity contribution in [2.45, 2.75) is 51.7 Å². The number of hydrogen-bond acceptors (Lipinski definition) is 6. The summed E-state index contributed by atoms with van der Waals surface area (Å²) in [4.78, 5) is 20.9. The lowest BCUT2D eigenvalue weighted by atomic mass is 10.1. The van der Waals surface area contributed by atoms with Crippen LogP contribution in [0.25, 0.3) is 11.4 Å². The van der Waals surface area contributed by atoms with Gasteiger partial charge in [-0.25, -0.2) is 5.48 Å². The third-order valence-corrected chi connectivity index (χ3v) is 4.04. The number of amides is 1. The lowest BCUT2D eigenvalue weighted by Crippen LogP contribution is -2.40. The molecule has 0 aliphatic rings. The maximum absolute atomic E-state index is 12.5. The van der Waals surface area contributed by atoms with Gasteiger partial charge in [0.2, 0.25) is 5.82 Å². The highest BCUT2D eigenvalue weighted by atomic mass is 19.4. The molecule has 0 bridgehead atoms. The van der Waals surface area contributed by atoms with E-state index in [1.165, 1.54) is 37.1 Å². The largest absolute Gasteiger partial charge is 0.471 e. The molecule has 29 heavy (non-hydrogen) atoms. The maximum Gasteiger partial charge on any atom is 0.471 e. The van der Waals surface area contributed by atoms with Gasteiger partial charge in [-0.2, -0.15) is 18.2 Å². The number of nitrogens with one attached hydrogen (secondary N) is 2. The van der Waals surface area contributed by atoms with E-state index < -0.39 is 12.1 Å². The van der Waals surface area contributed by atoms with Gasteiger partial charge in [-0.15, -0.1) is 0 Å². The van der Waals surface area contributed by atoms with E-state index in [4.69, 9.17) is 4.84 Å². The Morgan fingerprint density at radius 1 is 1.21 bits per heavy atom. The minimum atomic E-state index is -4.70. The van der Waals surface area contributed by atoms with Crippen LogP contribution in [0.2, 0.25) is 0 Å². The standard InChI is InChI=1S/C19H25F3N4O3/c1-3-4-5-6-11-28-23-12-13(2)24-17(27)15-9-7-14(8-10-15)16-25-18(29-26-16)19(20,21)22/h7-10,13,23H,3-6,11-12H2,1-2H3,(H,24,27). The number of unbranched alkanes of at least 4 members (excludes halogenated alkanes) is 3. The zero-order valence-corrected chi connectivity index (χ0v) is 16.4. The summed E-state index contributed by atoms with van der Waals surface area (Å²) < 4.78 is 41.8. The molecule has 2 N–H and O–H groups in total. The smallest absolute Gasteiger partial charge is 0.348 e. The van der Waals surface area contributed by atoms with E-state index in [1.807, 2.05) is 6.92 Å². The number of nitrogens with zero attached hydrogens (tertiary/aromatic N) is 2. The molecule has 0 saturated carbocycles. The van der Waals surface area contributed by atoms with Gasteiger partial charge in [-0.1, -0.05) is 43.5 Å². The molecule has 10 heteroatoms. The molecule has 160 valence electrons. The van der Waals surface area contributed by atoms with Crippen molar-refractivity contribution in [2.75, 3.05) is 13.2 Å². The quantitative estimate of drug-likeness (QED) is 0.427. The molecule has 1 aromatic heterocycles. The average molecular weight is 414 g/mol. The highest BCUT2D eigenvalue weighted by Gasteiger charge is 2.38. The van der Waals surface area contributed by atoms with Crippen LogP contribution < -0.4 is 10.8 Å². The van der Waals surface area contributed by atoms with E-state index in [0.29, 0.717) is 24.3 Å². The summed E-state index contributed by atoms with van der Waals surface area (Å²) in [5.41, 5.74) is 3.50. The second kappa shape index (κ2) is 10.9. The number of carbonyl (C=O) groups is 1. The summed E-state index contributed by atoms with van der Waals surface area (Å²) in [5, 5.41) is 6.12. The zero-order chi connectivity index (χ0) is 21.3. The van der Waals surface area contributed by atoms with Gasteiger partial charge in [0.1, 0.15) is 0 Å². The molecule has 0 aliphatic carbocycles. The maximum atomic E-state index is 12.5. The van der Waals surface area contributed by atoms with E-state index in [2.05, 4.69) is 32.4 Å². The third-order valence-electron chi connectivity index (χ3n) is 4.04. The first kappa shape index (κ1) is 22.8. The second-order valence-corrected chi connectivity index (χ2v) is 6.63. The van der Waals surface area contributed by atoms with Crippen LogP contribution in [0.4, 0.5) is 13.2 Å². The summed E-state index contributed by atoms with van der Waals surface area (Å²) in [7, 11) is 0. The lowest BCUT2D eigenvalue weighted by molar-refractivity contribution is -0.159. The van der Waals surface area contributed by atoms with Crippen molar-refractivity contribution in [3.63, 3.8) is 0 Å². The van der Waals surface area contributed by atoms with Gasteiger partial charge < -0.3 is 14.7 Å². The predicted molar refractivity (Wildman–Crippen MR) is 99.8 cm³/mol. The summed E-state index contributed by atoms with van der Waals surface area (Å²) >= 11 is 0. The van der Waals surface area contributed by atoms with Gasteiger partial charge >= 0.3 is 12.1 Å². The lowest BCUT2D eigenvalue weighted by Gasteiger charge is -2.15. The fourth-order valence-electron chi connectivity index (χ4n) is 2.44. The number of halogens is 3. The molecule has 1 heterocycles. The van der Waals surface area contributed by atoms with Gasteiger partial charge in [-0.05, 0) is 25.5 Å². The number of aromatic nitrogens is 2. The molecule has 7 nitrogen and oxygen atoms in total. The van der Waals surface area contributed by atoms with Crippen LogP contribution in [0.3, 0.4) is 0 Å². The molecule has 2 rings (SSSR count). The van der Waals surface area contributed by atoms with E-state index in [-0.39, 0.29) is 17.8 Å². The van der Waals surface area contributed by atoms with Crippen molar-refractivity contribution < 1.29 is 27.3 Å². The highest BCUT2D eigenvalue weighted by molar-refractivity contribution is 5.94. The van der Waals surface area contributed by atoms with Gasteiger partial charge in [0.05, 0.1) is 6.61 Å². The molecular weight excluding hydrogens is 389 g/mol. The zero-order valence-electron chi connectivity index (χ0n) is 16.4. The Bertz CT molecular complexity index is 763. The van der Waals surface area contributed by atoms with Crippen molar-refractivity contribution in [3.05, 3.63) is 35.7 Å². The Hall–Kier alpha value is -2.46. The van der Waals surface area contributed by atoms with Crippen molar-refractivity contribution >= 4 is 5.91 Å². The molecule has 0 fully saturated rings. The molecule has 1 amide bonds. The molecule has 0 aliphatic heterocycles. The van der Waals surface area contributed by atoms with Gasteiger partial charge in [-0.3, -0.25) is 4.79 Å².